The molecule has 230 valence electrons. The van der Waals surface area contributed by atoms with Crippen LogP contribution in [-0.2, 0) is 6.61 Å². The highest BCUT2D eigenvalue weighted by Crippen LogP contribution is 2.45. The molecule has 1 unspecified atom stereocenters. The van der Waals surface area contributed by atoms with Gasteiger partial charge in [-0.15, -0.1) is 0 Å². The molecule has 0 fully saturated rings. The maximum Gasteiger partial charge on any atom is 0.343 e. The van der Waals surface area contributed by atoms with Crippen LogP contribution >= 0.6 is 23.2 Å². The largest absolute Gasteiger partial charge is 0.491 e. The van der Waals surface area contributed by atoms with Gasteiger partial charge in [-0.2, -0.15) is 5.26 Å². The molecule has 11 heteroatoms. The third-order valence-electron chi connectivity index (χ3n) is 6.83. The Bertz CT molecular complexity index is 1800. The number of allylic oxidation sites excluding steroid dienone is 1. The molecule has 45 heavy (non-hydrogen) atoms. The summed E-state index contributed by atoms with van der Waals surface area (Å²) < 4.78 is 42.0. The number of ether oxygens (including phenoxy) is 5. The Labute approximate surface area is 269 Å². The molecule has 0 saturated heterocycles. The summed E-state index contributed by atoms with van der Waals surface area (Å²) in [5.74, 6) is -0.0396. The number of hydrogen-bond donors (Lipinski definition) is 1. The zero-order valence-corrected chi connectivity index (χ0v) is 25.7. The number of benzene rings is 4. The van der Waals surface area contributed by atoms with E-state index >= 15 is 0 Å². The quantitative estimate of drug-likeness (QED) is 0.136. The fraction of sp³-hybridized carbons (Fsp3) is 0.176. The highest BCUT2D eigenvalue weighted by molar-refractivity contribution is 6.37. The van der Waals surface area contributed by atoms with Crippen molar-refractivity contribution in [3.63, 3.8) is 0 Å². The molecule has 0 aromatic heterocycles. The number of halogens is 3. The van der Waals surface area contributed by atoms with Gasteiger partial charge in [0.25, 0.3) is 0 Å². The number of fused-ring (bicyclic) bond motifs is 1. The molecule has 0 spiro atoms. The average molecular weight is 650 g/mol. The molecular weight excluding hydrogens is 622 g/mol. The van der Waals surface area contributed by atoms with Crippen molar-refractivity contribution in [3.8, 4) is 34.8 Å². The number of nitrogens with two attached hydrogens (primary N) is 1. The molecule has 1 atom stereocenters. The van der Waals surface area contributed by atoms with E-state index in [1.54, 1.807) is 49.4 Å². The summed E-state index contributed by atoms with van der Waals surface area (Å²) in [6.07, 6.45) is 0. The first-order chi connectivity index (χ1) is 21.7. The first-order valence-corrected chi connectivity index (χ1v) is 14.7. The Morgan fingerprint density at radius 2 is 1.64 bits per heavy atom. The normalized spacial score (nSPS) is 13.7. The van der Waals surface area contributed by atoms with Crippen LogP contribution in [0.2, 0.25) is 10.0 Å². The van der Waals surface area contributed by atoms with Gasteiger partial charge in [0, 0.05) is 11.6 Å². The molecule has 2 N–H and O–H groups in total. The molecule has 0 radical (unpaired) electrons. The zero-order chi connectivity index (χ0) is 32.1. The van der Waals surface area contributed by atoms with Crippen molar-refractivity contribution in [1.29, 1.82) is 5.26 Å². The van der Waals surface area contributed by atoms with Crippen molar-refractivity contribution < 1.29 is 32.9 Å². The second kappa shape index (κ2) is 13.8. The van der Waals surface area contributed by atoms with E-state index in [1.165, 1.54) is 30.3 Å². The monoisotopic (exact) mass is 648 g/mol. The molecule has 5 rings (SSSR count). The first-order valence-electron chi connectivity index (χ1n) is 13.9. The van der Waals surface area contributed by atoms with E-state index in [2.05, 4.69) is 6.07 Å². The van der Waals surface area contributed by atoms with E-state index in [4.69, 9.17) is 52.6 Å². The second-order valence-electron chi connectivity index (χ2n) is 9.77. The van der Waals surface area contributed by atoms with Crippen molar-refractivity contribution in [2.75, 3.05) is 13.2 Å². The van der Waals surface area contributed by atoms with E-state index in [-0.39, 0.29) is 51.0 Å². The lowest BCUT2D eigenvalue weighted by atomic mass is 9.83. The predicted molar refractivity (Wildman–Crippen MR) is 167 cm³/mol. The van der Waals surface area contributed by atoms with Crippen LogP contribution in [0, 0.1) is 17.1 Å². The van der Waals surface area contributed by atoms with Crippen LogP contribution in [0.25, 0.3) is 0 Å². The molecule has 1 aliphatic heterocycles. The van der Waals surface area contributed by atoms with Crippen molar-refractivity contribution in [3.05, 3.63) is 122 Å². The Kier molecular flexibility index (Phi) is 9.67. The van der Waals surface area contributed by atoms with Gasteiger partial charge in [0.15, 0.2) is 17.2 Å². The van der Waals surface area contributed by atoms with Gasteiger partial charge in [0.05, 0.1) is 34.7 Å². The van der Waals surface area contributed by atoms with Gasteiger partial charge < -0.3 is 29.4 Å². The van der Waals surface area contributed by atoms with Gasteiger partial charge >= 0.3 is 5.97 Å². The molecule has 0 amide bonds. The van der Waals surface area contributed by atoms with Crippen LogP contribution in [0.15, 0.2) is 84.3 Å². The molecule has 0 saturated carbocycles. The summed E-state index contributed by atoms with van der Waals surface area (Å²) in [6, 6.07) is 21.1. The van der Waals surface area contributed by atoms with Crippen LogP contribution in [0.3, 0.4) is 0 Å². The fourth-order valence-electron chi connectivity index (χ4n) is 4.80. The lowest BCUT2D eigenvalue weighted by Crippen LogP contribution is -2.21. The topological polar surface area (TPSA) is 113 Å². The maximum atomic E-state index is 13.3. The lowest BCUT2D eigenvalue weighted by molar-refractivity contribution is 0.0734. The summed E-state index contributed by atoms with van der Waals surface area (Å²) >= 11 is 12.5. The van der Waals surface area contributed by atoms with Crippen molar-refractivity contribution in [1.82, 2.24) is 0 Å². The number of hydrogen-bond acceptors (Lipinski definition) is 8. The number of rotatable bonds is 10. The van der Waals surface area contributed by atoms with Crippen LogP contribution in [0.4, 0.5) is 4.39 Å². The molecule has 0 aliphatic carbocycles. The van der Waals surface area contributed by atoms with Crippen molar-refractivity contribution in [2.45, 2.75) is 26.4 Å². The van der Waals surface area contributed by atoms with Gasteiger partial charge in [0.2, 0.25) is 5.88 Å². The molecule has 1 heterocycles. The fourth-order valence-corrected chi connectivity index (χ4v) is 5.40. The summed E-state index contributed by atoms with van der Waals surface area (Å²) in [5, 5.41) is 10.4. The third-order valence-corrected chi connectivity index (χ3v) is 7.39. The lowest BCUT2D eigenvalue weighted by Gasteiger charge is -2.27. The van der Waals surface area contributed by atoms with Gasteiger partial charge in [-0.05, 0) is 67.4 Å². The standard InChI is InChI=1S/C34H27Cl2FN2O6/c1-3-41-30-15-20(7-12-28(30)43-18-19-5-8-22(37)9-6-19)31-24-11-10-23(16-29(24)45-33(39)25(31)17-38)44-34(40)21-13-26(35)32(42-4-2)27(36)14-21/h5-16,31H,3-4,18,39H2,1-2H3. The number of nitrogens with zero attached hydrogens (tertiary/aromatic N) is 1. The number of esters is 1. The van der Waals surface area contributed by atoms with Gasteiger partial charge in [-0.1, -0.05) is 47.5 Å². The number of nitriles is 1. The zero-order valence-electron chi connectivity index (χ0n) is 24.2. The highest BCUT2D eigenvalue weighted by Gasteiger charge is 2.32. The molecule has 8 nitrogen and oxygen atoms in total. The van der Waals surface area contributed by atoms with Crippen molar-refractivity contribution >= 4 is 29.2 Å². The van der Waals surface area contributed by atoms with Crippen LogP contribution in [-0.4, -0.2) is 19.2 Å². The second-order valence-corrected chi connectivity index (χ2v) is 10.6. The summed E-state index contributed by atoms with van der Waals surface area (Å²) in [7, 11) is 0. The molecular formula is C34H27Cl2FN2O6. The Balaban J connectivity index is 1.43. The predicted octanol–water partition coefficient (Wildman–Crippen LogP) is 7.95. The first kappa shape index (κ1) is 31.5. The Morgan fingerprint density at radius 3 is 2.31 bits per heavy atom. The van der Waals surface area contributed by atoms with Gasteiger partial charge in [-0.3, -0.25) is 0 Å². The van der Waals surface area contributed by atoms with E-state index < -0.39 is 11.9 Å². The third kappa shape index (κ3) is 6.93. The minimum atomic E-state index is -0.701. The van der Waals surface area contributed by atoms with E-state index in [0.29, 0.717) is 41.6 Å². The highest BCUT2D eigenvalue weighted by atomic mass is 35.5. The number of carbonyl (C=O) groups is 1. The van der Waals surface area contributed by atoms with Gasteiger partial charge in [0.1, 0.15) is 35.6 Å². The Morgan fingerprint density at radius 1 is 0.933 bits per heavy atom. The van der Waals surface area contributed by atoms with Crippen molar-refractivity contribution in [2.24, 2.45) is 5.73 Å². The molecule has 4 aromatic carbocycles. The minimum Gasteiger partial charge on any atom is -0.491 e. The van der Waals surface area contributed by atoms with Crippen LogP contribution in [0.5, 0.6) is 28.7 Å². The summed E-state index contributed by atoms with van der Waals surface area (Å²) in [4.78, 5) is 13.0. The maximum absolute atomic E-state index is 13.3. The van der Waals surface area contributed by atoms with E-state index in [1.807, 2.05) is 6.92 Å². The van der Waals surface area contributed by atoms with Gasteiger partial charge in [-0.25, -0.2) is 9.18 Å². The summed E-state index contributed by atoms with van der Waals surface area (Å²) in [6.45, 7) is 4.55. The number of carbonyl (C=O) groups excluding carboxylic acids is 1. The van der Waals surface area contributed by atoms with Crippen LogP contribution < -0.4 is 29.4 Å². The minimum absolute atomic E-state index is 0.0850. The molecule has 0 bridgehead atoms. The van der Waals surface area contributed by atoms with Crippen LogP contribution in [0.1, 0.15) is 46.8 Å². The average Bonchev–Trinajstić information content (AvgIpc) is 3.02. The smallest absolute Gasteiger partial charge is 0.343 e. The SMILES string of the molecule is CCOc1cc(C2C(C#N)=C(N)Oc3cc(OC(=O)c4cc(Cl)c(OCC)c(Cl)c4)ccc32)ccc1OCc1ccc(F)cc1. The summed E-state index contributed by atoms with van der Waals surface area (Å²) in [5.41, 5.74) is 8.63. The Hall–Kier alpha value is -4.91. The molecule has 1 aliphatic rings. The molecule has 4 aromatic rings. The van der Waals surface area contributed by atoms with E-state index in [9.17, 15) is 14.4 Å². The van der Waals surface area contributed by atoms with E-state index in [0.717, 1.165) is 5.56 Å².